The third-order valence-corrected chi connectivity index (χ3v) is 3.31. The van der Waals surface area contributed by atoms with Gasteiger partial charge in [-0.3, -0.25) is 19.9 Å². The van der Waals surface area contributed by atoms with Crippen LogP contribution in [0.15, 0.2) is 42.6 Å². The van der Waals surface area contributed by atoms with Gasteiger partial charge < -0.3 is 10.6 Å². The van der Waals surface area contributed by atoms with Crippen molar-refractivity contribution in [2.75, 3.05) is 11.9 Å². The quantitative estimate of drug-likeness (QED) is 0.483. The van der Waals surface area contributed by atoms with Crippen molar-refractivity contribution in [2.45, 2.75) is 13.0 Å². The van der Waals surface area contributed by atoms with Crippen LogP contribution >= 0.6 is 0 Å². The number of nitro groups is 1. The Labute approximate surface area is 139 Å². The first-order valence-corrected chi connectivity index (χ1v) is 7.20. The summed E-state index contributed by atoms with van der Waals surface area (Å²) in [6.07, 6.45) is 6.73. The first-order valence-electron chi connectivity index (χ1n) is 7.20. The fraction of sp³-hybridized carbons (Fsp3) is 0.176. The van der Waals surface area contributed by atoms with Crippen molar-refractivity contribution >= 4 is 17.3 Å². The number of hydrogen-bond donors (Lipinski definition) is 2. The highest BCUT2D eigenvalue weighted by atomic mass is 16.6. The number of nitrogens with one attached hydrogen (secondary N) is 2. The Balaban J connectivity index is 2.25. The zero-order valence-corrected chi connectivity index (χ0v) is 13.0. The van der Waals surface area contributed by atoms with Crippen molar-refractivity contribution in [3.05, 3.63) is 64.0 Å². The topological polar surface area (TPSA) is 97.2 Å². The Morgan fingerprint density at radius 2 is 2.21 bits per heavy atom. The zero-order chi connectivity index (χ0) is 17.5. The number of benzene rings is 1. The van der Waals surface area contributed by atoms with Crippen molar-refractivity contribution in [1.82, 2.24) is 10.3 Å². The molecule has 0 saturated heterocycles. The minimum absolute atomic E-state index is 0.0589. The van der Waals surface area contributed by atoms with Crippen molar-refractivity contribution < 1.29 is 9.72 Å². The van der Waals surface area contributed by atoms with E-state index in [-0.39, 0.29) is 23.8 Å². The predicted molar refractivity (Wildman–Crippen MR) is 90.5 cm³/mol. The number of rotatable bonds is 6. The van der Waals surface area contributed by atoms with E-state index in [2.05, 4.69) is 21.5 Å². The molecule has 0 aliphatic carbocycles. The van der Waals surface area contributed by atoms with E-state index in [4.69, 9.17) is 6.42 Å². The molecule has 1 atom stereocenters. The molecule has 0 bridgehead atoms. The summed E-state index contributed by atoms with van der Waals surface area (Å²) in [6, 6.07) is 9.46. The molecule has 1 aromatic heterocycles. The van der Waals surface area contributed by atoms with Gasteiger partial charge in [0.05, 0.1) is 23.2 Å². The lowest BCUT2D eigenvalue weighted by Gasteiger charge is -2.15. The van der Waals surface area contributed by atoms with Gasteiger partial charge in [0.2, 0.25) is 0 Å². The summed E-state index contributed by atoms with van der Waals surface area (Å²) in [5.41, 5.74) is 1.05. The first-order chi connectivity index (χ1) is 11.5. The van der Waals surface area contributed by atoms with Gasteiger partial charge in [-0.05, 0) is 31.2 Å². The Morgan fingerprint density at radius 1 is 1.42 bits per heavy atom. The van der Waals surface area contributed by atoms with Crippen LogP contribution in [-0.2, 0) is 0 Å². The van der Waals surface area contributed by atoms with Crippen LogP contribution in [0.2, 0.25) is 0 Å². The van der Waals surface area contributed by atoms with Crippen molar-refractivity contribution in [3.63, 3.8) is 0 Å². The van der Waals surface area contributed by atoms with E-state index in [1.54, 1.807) is 12.3 Å². The molecule has 0 saturated carbocycles. The molecule has 0 aliphatic rings. The van der Waals surface area contributed by atoms with Crippen LogP contribution < -0.4 is 10.6 Å². The van der Waals surface area contributed by atoms with Crippen molar-refractivity contribution in [1.29, 1.82) is 0 Å². The normalized spacial score (nSPS) is 11.2. The number of terminal acetylenes is 1. The molecule has 2 aromatic rings. The smallest absolute Gasteiger partial charge is 0.293 e. The second-order valence-electron chi connectivity index (χ2n) is 5.00. The Morgan fingerprint density at radius 3 is 2.83 bits per heavy atom. The molecule has 2 rings (SSSR count). The minimum atomic E-state index is -0.536. The van der Waals surface area contributed by atoms with E-state index in [0.717, 1.165) is 5.69 Å². The van der Waals surface area contributed by atoms with Crippen LogP contribution in [-0.4, -0.2) is 22.4 Å². The maximum atomic E-state index is 11.9. The lowest BCUT2D eigenvalue weighted by Crippen LogP contribution is -2.23. The average molecular weight is 324 g/mol. The van der Waals surface area contributed by atoms with Crippen LogP contribution in [0, 0.1) is 22.5 Å². The van der Waals surface area contributed by atoms with E-state index in [9.17, 15) is 14.9 Å². The molecule has 24 heavy (non-hydrogen) atoms. The fourth-order valence-electron chi connectivity index (χ4n) is 2.12. The molecule has 2 N–H and O–H groups in total. The van der Waals surface area contributed by atoms with Gasteiger partial charge in [0.25, 0.3) is 11.6 Å². The van der Waals surface area contributed by atoms with Gasteiger partial charge in [0.15, 0.2) is 0 Å². The van der Waals surface area contributed by atoms with Crippen LogP contribution in [0.4, 0.5) is 11.4 Å². The highest BCUT2D eigenvalue weighted by Crippen LogP contribution is 2.28. The lowest BCUT2D eigenvalue weighted by atomic mass is 10.1. The van der Waals surface area contributed by atoms with Gasteiger partial charge in [-0.2, -0.15) is 0 Å². The molecule has 122 valence electrons. The van der Waals surface area contributed by atoms with Gasteiger partial charge >= 0.3 is 0 Å². The molecule has 7 nitrogen and oxygen atoms in total. The second-order valence-corrected chi connectivity index (χ2v) is 5.00. The maximum absolute atomic E-state index is 11.9. The molecular weight excluding hydrogens is 308 g/mol. The Kier molecular flexibility index (Phi) is 5.47. The summed E-state index contributed by atoms with van der Waals surface area (Å²) in [5, 5.41) is 16.8. The molecule has 0 radical (unpaired) electrons. The molecular formula is C17H16N4O3. The molecule has 0 unspecified atom stereocenters. The van der Waals surface area contributed by atoms with E-state index >= 15 is 0 Å². The molecule has 0 spiro atoms. The van der Waals surface area contributed by atoms with E-state index in [1.165, 1.54) is 18.2 Å². The average Bonchev–Trinajstić information content (AvgIpc) is 2.60. The summed E-state index contributed by atoms with van der Waals surface area (Å²) < 4.78 is 0. The predicted octanol–water partition coefficient (Wildman–Crippen LogP) is 2.53. The summed E-state index contributed by atoms with van der Waals surface area (Å²) in [6.45, 7) is 1.91. The number of nitrogens with zero attached hydrogens (tertiary/aromatic N) is 2. The number of pyridine rings is 1. The summed E-state index contributed by atoms with van der Waals surface area (Å²) >= 11 is 0. The summed E-state index contributed by atoms with van der Waals surface area (Å²) in [4.78, 5) is 26.9. The number of carbonyl (C=O) groups is 1. The molecule has 1 heterocycles. The molecule has 0 aliphatic heterocycles. The molecule has 1 aromatic carbocycles. The standard InChI is InChI=1S/C17H16N4O3/c1-3-9-19-17(22)13-7-8-15(16(11-13)21(23)24)20-12(2)14-6-4-5-10-18-14/h1,4-8,10-12,20H,9H2,2H3,(H,19,22)/t12-/m0/s1. The monoisotopic (exact) mass is 324 g/mol. The van der Waals surface area contributed by atoms with Crippen LogP contribution in [0.25, 0.3) is 0 Å². The number of carbonyl (C=O) groups excluding carboxylic acids is 1. The maximum Gasteiger partial charge on any atom is 0.293 e. The van der Waals surface area contributed by atoms with Gasteiger partial charge in [-0.1, -0.05) is 12.0 Å². The number of aromatic nitrogens is 1. The van der Waals surface area contributed by atoms with Crippen LogP contribution in [0.5, 0.6) is 0 Å². The van der Waals surface area contributed by atoms with E-state index in [0.29, 0.717) is 5.69 Å². The number of anilines is 1. The highest BCUT2D eigenvalue weighted by Gasteiger charge is 2.19. The Hall–Kier alpha value is -3.40. The first kappa shape index (κ1) is 17.0. The van der Waals surface area contributed by atoms with Crippen molar-refractivity contribution in [2.24, 2.45) is 0 Å². The molecule has 0 fully saturated rings. The van der Waals surface area contributed by atoms with Crippen LogP contribution in [0.1, 0.15) is 29.0 Å². The summed E-state index contributed by atoms with van der Waals surface area (Å²) in [5.74, 6) is 1.82. The van der Waals surface area contributed by atoms with Gasteiger partial charge in [-0.15, -0.1) is 6.42 Å². The molecule has 7 heteroatoms. The van der Waals surface area contributed by atoms with Gasteiger partial charge in [0, 0.05) is 17.8 Å². The SMILES string of the molecule is C#CCNC(=O)c1ccc(N[C@@H](C)c2ccccn2)c([N+](=O)[O-])c1. The number of hydrogen-bond acceptors (Lipinski definition) is 5. The minimum Gasteiger partial charge on any atom is -0.371 e. The lowest BCUT2D eigenvalue weighted by molar-refractivity contribution is -0.384. The van der Waals surface area contributed by atoms with E-state index in [1.807, 2.05) is 19.1 Å². The largest absolute Gasteiger partial charge is 0.371 e. The zero-order valence-electron chi connectivity index (χ0n) is 13.0. The summed E-state index contributed by atoms with van der Waals surface area (Å²) in [7, 11) is 0. The van der Waals surface area contributed by atoms with Crippen LogP contribution in [0.3, 0.4) is 0 Å². The fourth-order valence-corrected chi connectivity index (χ4v) is 2.12. The van der Waals surface area contributed by atoms with Crippen molar-refractivity contribution in [3.8, 4) is 12.3 Å². The molecule has 1 amide bonds. The number of amides is 1. The van der Waals surface area contributed by atoms with E-state index < -0.39 is 10.8 Å². The highest BCUT2D eigenvalue weighted by molar-refractivity contribution is 5.95. The Bertz CT molecular complexity index is 784. The second kappa shape index (κ2) is 7.74. The number of nitro benzene ring substituents is 1. The third-order valence-electron chi connectivity index (χ3n) is 3.31. The van der Waals surface area contributed by atoms with Gasteiger partial charge in [-0.25, -0.2) is 0 Å². The third kappa shape index (κ3) is 4.08. The van der Waals surface area contributed by atoms with Gasteiger partial charge in [0.1, 0.15) is 5.69 Å².